The van der Waals surface area contributed by atoms with Gasteiger partial charge in [-0.1, -0.05) is 18.2 Å². The highest BCUT2D eigenvalue weighted by Crippen LogP contribution is 2.10. The molecule has 0 atom stereocenters. The van der Waals surface area contributed by atoms with Crippen molar-refractivity contribution in [3.8, 4) is 6.07 Å². The molecule has 4 heteroatoms. The molecule has 1 heterocycles. The average molecular weight is 244 g/mol. The minimum atomic E-state index is -0.925. The van der Waals surface area contributed by atoms with Crippen LogP contribution in [0.15, 0.2) is 24.3 Å². The Bertz CT molecular complexity index is 471. The molecule has 18 heavy (non-hydrogen) atoms. The Morgan fingerprint density at radius 3 is 2.67 bits per heavy atom. The van der Waals surface area contributed by atoms with Crippen molar-refractivity contribution in [2.24, 2.45) is 5.92 Å². The SMILES string of the molecule is N#Cc1ccccc1C[NH+]1CCC(C(=O)[O-])CC1. The van der Waals surface area contributed by atoms with Crippen molar-refractivity contribution < 1.29 is 14.8 Å². The van der Waals surface area contributed by atoms with Gasteiger partial charge in [0, 0.05) is 30.3 Å². The van der Waals surface area contributed by atoms with E-state index in [-0.39, 0.29) is 5.92 Å². The quantitative estimate of drug-likeness (QED) is 0.749. The maximum absolute atomic E-state index is 10.8. The number of carboxylic acids is 1. The minimum Gasteiger partial charge on any atom is -0.550 e. The van der Waals surface area contributed by atoms with E-state index in [2.05, 4.69) is 6.07 Å². The van der Waals surface area contributed by atoms with Gasteiger partial charge < -0.3 is 14.8 Å². The van der Waals surface area contributed by atoms with Gasteiger partial charge >= 0.3 is 0 Å². The fourth-order valence-corrected chi connectivity index (χ4v) is 2.49. The number of carbonyl (C=O) groups excluding carboxylic acids is 1. The predicted octanol–water partition coefficient (Wildman–Crippen LogP) is -0.897. The molecule has 1 aromatic rings. The lowest BCUT2D eigenvalue weighted by atomic mass is 9.96. The number of nitriles is 1. The van der Waals surface area contributed by atoms with Crippen LogP contribution < -0.4 is 10.0 Å². The number of carbonyl (C=O) groups is 1. The maximum atomic E-state index is 10.8. The Labute approximate surface area is 106 Å². The molecule has 1 aliphatic heterocycles. The van der Waals surface area contributed by atoms with Crippen LogP contribution in [-0.2, 0) is 11.3 Å². The molecule has 0 bridgehead atoms. The molecule has 0 radical (unpaired) electrons. The fraction of sp³-hybridized carbons (Fsp3) is 0.429. The monoisotopic (exact) mass is 244 g/mol. The van der Waals surface area contributed by atoms with Crippen molar-refractivity contribution in [3.05, 3.63) is 35.4 Å². The van der Waals surface area contributed by atoms with Gasteiger partial charge in [0.25, 0.3) is 0 Å². The Hall–Kier alpha value is -1.86. The van der Waals surface area contributed by atoms with E-state index in [1.54, 1.807) is 0 Å². The van der Waals surface area contributed by atoms with E-state index in [0.29, 0.717) is 18.4 Å². The van der Waals surface area contributed by atoms with Crippen LogP contribution in [0.4, 0.5) is 0 Å². The molecular weight excluding hydrogens is 228 g/mol. The van der Waals surface area contributed by atoms with Crippen molar-refractivity contribution in [2.75, 3.05) is 13.1 Å². The van der Waals surface area contributed by atoms with Gasteiger partial charge in [-0.15, -0.1) is 0 Å². The lowest BCUT2D eigenvalue weighted by molar-refractivity contribution is -0.919. The molecule has 1 aliphatic rings. The van der Waals surface area contributed by atoms with Gasteiger partial charge in [0.1, 0.15) is 6.54 Å². The van der Waals surface area contributed by atoms with Gasteiger partial charge in [0.05, 0.1) is 24.7 Å². The van der Waals surface area contributed by atoms with Crippen LogP contribution in [0.1, 0.15) is 24.0 Å². The molecular formula is C14H16N2O2. The van der Waals surface area contributed by atoms with Crippen LogP contribution in [0, 0.1) is 17.2 Å². The number of piperidine rings is 1. The van der Waals surface area contributed by atoms with Gasteiger partial charge in [0.2, 0.25) is 0 Å². The second-order valence-corrected chi connectivity index (χ2v) is 4.79. The summed E-state index contributed by atoms with van der Waals surface area (Å²) in [7, 11) is 0. The molecule has 0 aliphatic carbocycles. The Kier molecular flexibility index (Phi) is 3.96. The van der Waals surface area contributed by atoms with E-state index in [1.807, 2.05) is 24.3 Å². The summed E-state index contributed by atoms with van der Waals surface area (Å²) in [6, 6.07) is 9.78. The highest BCUT2D eigenvalue weighted by Gasteiger charge is 2.23. The van der Waals surface area contributed by atoms with E-state index in [1.165, 1.54) is 4.90 Å². The number of nitrogens with zero attached hydrogens (tertiary/aromatic N) is 1. The number of aliphatic carboxylic acids is 1. The van der Waals surface area contributed by atoms with Crippen LogP contribution in [0.2, 0.25) is 0 Å². The van der Waals surface area contributed by atoms with E-state index < -0.39 is 5.97 Å². The Morgan fingerprint density at radius 2 is 2.06 bits per heavy atom. The molecule has 2 rings (SSSR count). The first-order valence-electron chi connectivity index (χ1n) is 6.23. The molecule has 1 saturated heterocycles. The van der Waals surface area contributed by atoms with Gasteiger partial charge in [-0.2, -0.15) is 5.26 Å². The second kappa shape index (κ2) is 5.65. The number of likely N-dealkylation sites (tertiary alicyclic amines) is 1. The molecule has 0 saturated carbocycles. The summed E-state index contributed by atoms with van der Waals surface area (Å²) < 4.78 is 0. The van der Waals surface area contributed by atoms with Crippen molar-refractivity contribution in [1.82, 2.24) is 0 Å². The van der Waals surface area contributed by atoms with Crippen LogP contribution in [0.5, 0.6) is 0 Å². The highest BCUT2D eigenvalue weighted by atomic mass is 16.4. The third-order valence-corrected chi connectivity index (χ3v) is 3.60. The first kappa shape index (κ1) is 12.6. The van der Waals surface area contributed by atoms with Crippen LogP contribution in [0.3, 0.4) is 0 Å². The summed E-state index contributed by atoms with van der Waals surface area (Å²) in [5.41, 5.74) is 1.76. The van der Waals surface area contributed by atoms with Crippen LogP contribution in [-0.4, -0.2) is 19.1 Å². The molecule has 4 nitrogen and oxygen atoms in total. The van der Waals surface area contributed by atoms with Crippen molar-refractivity contribution in [3.63, 3.8) is 0 Å². The topological polar surface area (TPSA) is 68.4 Å². The first-order valence-corrected chi connectivity index (χ1v) is 6.23. The van der Waals surface area contributed by atoms with Gasteiger partial charge in [-0.25, -0.2) is 0 Å². The molecule has 0 amide bonds. The second-order valence-electron chi connectivity index (χ2n) is 4.79. The zero-order valence-corrected chi connectivity index (χ0v) is 10.2. The van der Waals surface area contributed by atoms with Gasteiger partial charge in [0.15, 0.2) is 0 Å². The fourth-order valence-electron chi connectivity index (χ4n) is 2.49. The molecule has 0 aromatic heterocycles. The van der Waals surface area contributed by atoms with E-state index in [0.717, 1.165) is 25.2 Å². The van der Waals surface area contributed by atoms with E-state index in [9.17, 15) is 9.90 Å². The lowest BCUT2D eigenvalue weighted by Gasteiger charge is -2.29. The number of rotatable bonds is 3. The largest absolute Gasteiger partial charge is 0.550 e. The standard InChI is InChI=1S/C14H16N2O2/c15-9-12-3-1-2-4-13(12)10-16-7-5-11(6-8-16)14(17)18/h1-4,11H,5-8,10H2,(H,17,18). The van der Waals surface area contributed by atoms with E-state index >= 15 is 0 Å². The van der Waals surface area contributed by atoms with Crippen LogP contribution in [0.25, 0.3) is 0 Å². The summed E-state index contributed by atoms with van der Waals surface area (Å²) in [6.07, 6.45) is 1.35. The number of hydrogen-bond acceptors (Lipinski definition) is 3. The Balaban J connectivity index is 1.96. The zero-order chi connectivity index (χ0) is 13.0. The third kappa shape index (κ3) is 2.88. The number of nitrogens with one attached hydrogen (secondary N) is 1. The third-order valence-electron chi connectivity index (χ3n) is 3.60. The maximum Gasteiger partial charge on any atom is 0.104 e. The number of quaternary nitrogens is 1. The van der Waals surface area contributed by atoms with Gasteiger partial charge in [-0.05, 0) is 6.07 Å². The normalized spacial score (nSPS) is 23.3. The molecule has 1 aromatic carbocycles. The first-order chi connectivity index (χ1) is 8.70. The molecule has 0 unspecified atom stereocenters. The summed E-state index contributed by atoms with van der Waals surface area (Å²) >= 11 is 0. The van der Waals surface area contributed by atoms with Gasteiger partial charge in [-0.3, -0.25) is 0 Å². The van der Waals surface area contributed by atoms with Crippen molar-refractivity contribution >= 4 is 5.97 Å². The summed E-state index contributed by atoms with van der Waals surface area (Å²) in [5, 5.41) is 19.8. The zero-order valence-electron chi connectivity index (χ0n) is 10.2. The molecule has 94 valence electrons. The number of carboxylic acid groups (broad SMARTS) is 1. The summed E-state index contributed by atoms with van der Waals surface area (Å²) in [4.78, 5) is 12.1. The predicted molar refractivity (Wildman–Crippen MR) is 63.3 cm³/mol. The minimum absolute atomic E-state index is 0.292. The molecule has 1 N–H and O–H groups in total. The van der Waals surface area contributed by atoms with Crippen LogP contribution >= 0.6 is 0 Å². The number of hydrogen-bond donors (Lipinski definition) is 1. The van der Waals surface area contributed by atoms with E-state index in [4.69, 9.17) is 5.26 Å². The number of benzene rings is 1. The van der Waals surface area contributed by atoms with Crippen molar-refractivity contribution in [1.29, 1.82) is 5.26 Å². The average Bonchev–Trinajstić information content (AvgIpc) is 2.40. The summed E-state index contributed by atoms with van der Waals surface area (Å²) in [6.45, 7) is 2.46. The molecule has 1 fully saturated rings. The highest BCUT2D eigenvalue weighted by molar-refractivity contribution is 5.67. The Morgan fingerprint density at radius 1 is 1.39 bits per heavy atom. The smallest absolute Gasteiger partial charge is 0.104 e. The lowest BCUT2D eigenvalue weighted by Crippen LogP contribution is -3.11. The molecule has 0 spiro atoms. The van der Waals surface area contributed by atoms with Crippen molar-refractivity contribution in [2.45, 2.75) is 19.4 Å². The summed E-state index contributed by atoms with van der Waals surface area (Å²) in [5.74, 6) is -1.22.